The van der Waals surface area contributed by atoms with Crippen molar-refractivity contribution >= 4 is 60.7 Å². The van der Waals surface area contributed by atoms with Crippen molar-refractivity contribution in [3.63, 3.8) is 0 Å². The van der Waals surface area contributed by atoms with Crippen molar-refractivity contribution in [2.24, 2.45) is 0 Å². The SMILES string of the molecule is Cc1ccc(C(=O)C2=C(O)C(=O)N(c3nc4c(Cl)cccc4s3)C2c2ccc3ccccc3c2)o1. The van der Waals surface area contributed by atoms with Crippen molar-refractivity contribution in [2.45, 2.75) is 13.0 Å². The van der Waals surface area contributed by atoms with Crippen molar-refractivity contribution in [2.75, 3.05) is 4.90 Å². The van der Waals surface area contributed by atoms with Gasteiger partial charge < -0.3 is 9.52 Å². The first kappa shape index (κ1) is 21.6. The van der Waals surface area contributed by atoms with Crippen LogP contribution in [0.1, 0.15) is 27.9 Å². The van der Waals surface area contributed by atoms with Crippen LogP contribution in [-0.4, -0.2) is 21.8 Å². The van der Waals surface area contributed by atoms with Crippen molar-refractivity contribution in [1.29, 1.82) is 0 Å². The summed E-state index contributed by atoms with van der Waals surface area (Å²) in [7, 11) is 0. The molecule has 0 spiro atoms. The standard InChI is InChI=1S/C27H17ClN2O4S/c1-14-9-12-19(34-14)24(31)21-23(17-11-10-15-5-2-3-6-16(15)13-17)30(26(33)25(21)32)27-29-22-18(28)7-4-8-20(22)35-27/h2-13,23,32H,1H3. The number of carbonyl (C=O) groups excluding carboxylic acids is 2. The molecule has 1 aliphatic rings. The van der Waals surface area contributed by atoms with Gasteiger partial charge in [0.2, 0.25) is 5.78 Å². The topological polar surface area (TPSA) is 83.6 Å². The summed E-state index contributed by atoms with van der Waals surface area (Å²) < 4.78 is 6.34. The second-order valence-electron chi connectivity index (χ2n) is 8.27. The van der Waals surface area contributed by atoms with E-state index in [1.165, 1.54) is 16.2 Å². The monoisotopic (exact) mass is 500 g/mol. The molecule has 1 unspecified atom stereocenters. The van der Waals surface area contributed by atoms with Gasteiger partial charge in [-0.25, -0.2) is 4.98 Å². The minimum atomic E-state index is -0.899. The van der Waals surface area contributed by atoms with E-state index in [2.05, 4.69) is 4.98 Å². The molecule has 35 heavy (non-hydrogen) atoms. The lowest BCUT2D eigenvalue weighted by Gasteiger charge is -2.24. The molecule has 1 N–H and O–H groups in total. The number of hydrogen-bond acceptors (Lipinski definition) is 6. The molecule has 1 aliphatic heterocycles. The number of para-hydroxylation sites is 1. The number of Topliss-reactive ketones (excluding diaryl/α,β-unsaturated/α-hetero) is 1. The minimum Gasteiger partial charge on any atom is -0.503 e. The number of ketones is 1. The van der Waals surface area contributed by atoms with Crippen LogP contribution in [0.3, 0.4) is 0 Å². The molecule has 8 heteroatoms. The molecule has 6 nitrogen and oxygen atoms in total. The normalized spacial score (nSPS) is 16.1. The zero-order valence-electron chi connectivity index (χ0n) is 18.4. The predicted molar refractivity (Wildman–Crippen MR) is 136 cm³/mol. The second kappa shape index (κ2) is 8.08. The highest BCUT2D eigenvalue weighted by molar-refractivity contribution is 7.22. The summed E-state index contributed by atoms with van der Waals surface area (Å²) in [5.41, 5.74) is 1.17. The van der Waals surface area contributed by atoms with Crippen molar-refractivity contribution in [3.8, 4) is 0 Å². The number of nitrogens with zero attached hydrogens (tertiary/aromatic N) is 2. The Bertz CT molecular complexity index is 1700. The van der Waals surface area contributed by atoms with Crippen LogP contribution >= 0.6 is 22.9 Å². The average molecular weight is 501 g/mol. The summed E-state index contributed by atoms with van der Waals surface area (Å²) >= 11 is 7.60. The van der Waals surface area contributed by atoms with Gasteiger partial charge in [-0.1, -0.05) is 65.4 Å². The number of aryl methyl sites for hydroxylation is 1. The number of rotatable bonds is 4. The number of aromatic nitrogens is 1. The van der Waals surface area contributed by atoms with E-state index in [0.717, 1.165) is 15.5 Å². The Kier molecular flexibility index (Phi) is 4.98. The van der Waals surface area contributed by atoms with Crippen LogP contribution in [0.4, 0.5) is 5.13 Å². The molecule has 1 atom stereocenters. The van der Waals surface area contributed by atoms with E-state index in [1.807, 2.05) is 54.6 Å². The number of anilines is 1. The Balaban J connectivity index is 1.56. The first-order valence-corrected chi connectivity index (χ1v) is 12.0. The molecule has 3 aromatic carbocycles. The fraction of sp³-hybridized carbons (Fsp3) is 0.0741. The average Bonchev–Trinajstić information content (AvgIpc) is 3.55. The third-order valence-corrected chi connectivity index (χ3v) is 7.40. The Morgan fingerprint density at radius 2 is 1.86 bits per heavy atom. The van der Waals surface area contributed by atoms with Crippen LogP contribution in [0.15, 0.2) is 88.5 Å². The molecule has 3 heterocycles. The fourth-order valence-electron chi connectivity index (χ4n) is 4.42. The van der Waals surface area contributed by atoms with Gasteiger partial charge in [0.05, 0.1) is 21.3 Å². The van der Waals surface area contributed by atoms with Crippen LogP contribution in [-0.2, 0) is 4.79 Å². The van der Waals surface area contributed by atoms with E-state index >= 15 is 0 Å². The van der Waals surface area contributed by atoms with Crippen molar-refractivity contribution < 1.29 is 19.1 Å². The van der Waals surface area contributed by atoms with E-state index in [1.54, 1.807) is 25.1 Å². The Morgan fingerprint density at radius 1 is 1.06 bits per heavy atom. The highest BCUT2D eigenvalue weighted by atomic mass is 35.5. The van der Waals surface area contributed by atoms with Gasteiger partial charge in [-0.2, -0.15) is 0 Å². The van der Waals surface area contributed by atoms with Crippen molar-refractivity contribution in [1.82, 2.24) is 4.98 Å². The number of halogens is 1. The summed E-state index contributed by atoms with van der Waals surface area (Å²) in [4.78, 5) is 32.9. The molecular formula is C27H17ClN2O4S. The maximum absolute atomic E-state index is 13.5. The summed E-state index contributed by atoms with van der Waals surface area (Å²) in [5.74, 6) is -1.27. The highest BCUT2D eigenvalue weighted by Gasteiger charge is 2.46. The largest absolute Gasteiger partial charge is 0.503 e. The van der Waals surface area contributed by atoms with Gasteiger partial charge in [0.1, 0.15) is 11.3 Å². The van der Waals surface area contributed by atoms with E-state index in [9.17, 15) is 14.7 Å². The molecule has 172 valence electrons. The third kappa shape index (κ3) is 3.43. The van der Waals surface area contributed by atoms with Gasteiger partial charge in [-0.05, 0) is 53.6 Å². The van der Waals surface area contributed by atoms with E-state index < -0.39 is 23.5 Å². The molecule has 6 rings (SSSR count). The number of fused-ring (bicyclic) bond motifs is 2. The molecule has 5 aromatic rings. The molecule has 0 saturated carbocycles. The number of amides is 1. The first-order valence-electron chi connectivity index (χ1n) is 10.8. The summed E-state index contributed by atoms with van der Waals surface area (Å²) in [6.07, 6.45) is 0. The minimum absolute atomic E-state index is 0.0509. The van der Waals surface area contributed by atoms with E-state index in [0.29, 0.717) is 27.0 Å². The number of furan rings is 1. The van der Waals surface area contributed by atoms with Gasteiger partial charge >= 0.3 is 0 Å². The van der Waals surface area contributed by atoms with Crippen LogP contribution < -0.4 is 4.90 Å². The molecule has 0 aliphatic carbocycles. The number of benzene rings is 3. The van der Waals surface area contributed by atoms with E-state index in [4.69, 9.17) is 16.0 Å². The van der Waals surface area contributed by atoms with Crippen LogP contribution in [0.25, 0.3) is 21.0 Å². The predicted octanol–water partition coefficient (Wildman–Crippen LogP) is 6.79. The molecule has 0 bridgehead atoms. The number of aliphatic hydroxyl groups excluding tert-OH is 1. The van der Waals surface area contributed by atoms with Crippen LogP contribution in [0.5, 0.6) is 0 Å². The summed E-state index contributed by atoms with van der Waals surface area (Å²) in [6, 6.07) is 21.2. The molecule has 0 radical (unpaired) electrons. The summed E-state index contributed by atoms with van der Waals surface area (Å²) in [6.45, 7) is 1.73. The molecular weight excluding hydrogens is 484 g/mol. The lowest BCUT2D eigenvalue weighted by molar-refractivity contribution is -0.117. The Hall–Kier alpha value is -3.94. The number of carbonyl (C=O) groups is 2. The smallest absolute Gasteiger partial charge is 0.296 e. The second-order valence-corrected chi connectivity index (χ2v) is 9.69. The van der Waals surface area contributed by atoms with Gasteiger partial charge in [-0.15, -0.1) is 0 Å². The maximum atomic E-state index is 13.5. The highest BCUT2D eigenvalue weighted by Crippen LogP contribution is 2.45. The van der Waals surface area contributed by atoms with Gasteiger partial charge in [0.25, 0.3) is 5.91 Å². The van der Waals surface area contributed by atoms with Crippen LogP contribution in [0.2, 0.25) is 5.02 Å². The lowest BCUT2D eigenvalue weighted by atomic mass is 9.93. The maximum Gasteiger partial charge on any atom is 0.296 e. The summed E-state index contributed by atoms with van der Waals surface area (Å²) in [5, 5.41) is 13.7. The quantitative estimate of drug-likeness (QED) is 0.275. The number of aliphatic hydroxyl groups is 1. The van der Waals surface area contributed by atoms with Gasteiger partial charge in [0.15, 0.2) is 16.7 Å². The molecule has 1 amide bonds. The number of thiazole rings is 1. The zero-order valence-corrected chi connectivity index (χ0v) is 19.9. The Labute approximate surface area is 208 Å². The van der Waals surface area contributed by atoms with Crippen molar-refractivity contribution in [3.05, 3.63) is 106 Å². The molecule has 0 saturated heterocycles. The van der Waals surface area contributed by atoms with Gasteiger partial charge in [-0.3, -0.25) is 14.5 Å². The lowest BCUT2D eigenvalue weighted by Crippen LogP contribution is -2.31. The first-order chi connectivity index (χ1) is 16.9. The number of hydrogen-bond donors (Lipinski definition) is 1. The third-order valence-electron chi connectivity index (χ3n) is 6.07. The molecule has 2 aromatic heterocycles. The van der Waals surface area contributed by atoms with Crippen LogP contribution in [0, 0.1) is 6.92 Å². The zero-order chi connectivity index (χ0) is 24.3. The van der Waals surface area contributed by atoms with E-state index in [-0.39, 0.29) is 11.3 Å². The fourth-order valence-corrected chi connectivity index (χ4v) is 5.72. The molecule has 0 fully saturated rings. The Morgan fingerprint density at radius 3 is 2.60 bits per heavy atom. The van der Waals surface area contributed by atoms with Gasteiger partial charge in [0, 0.05) is 0 Å².